The number of unbranched alkanes of at least 4 members (excludes halogenated alkanes) is 4. The summed E-state index contributed by atoms with van der Waals surface area (Å²) in [5.74, 6) is 1.43. The van der Waals surface area contributed by atoms with Gasteiger partial charge in [0.1, 0.15) is 29.9 Å². The number of fused-ring (bicyclic) bond motifs is 2. The molecule has 9 nitrogen and oxygen atoms in total. The van der Waals surface area contributed by atoms with Crippen LogP contribution >= 0.6 is 11.3 Å². The largest absolute Gasteiger partial charge is 0.488 e. The van der Waals surface area contributed by atoms with Crippen molar-refractivity contribution in [2.45, 2.75) is 83.6 Å². The predicted octanol–water partition coefficient (Wildman–Crippen LogP) is 6.26. The van der Waals surface area contributed by atoms with Crippen LogP contribution < -0.4 is 20.3 Å². The van der Waals surface area contributed by atoms with Gasteiger partial charge in [0.25, 0.3) is 5.91 Å². The van der Waals surface area contributed by atoms with Gasteiger partial charge in [-0.1, -0.05) is 37.5 Å². The van der Waals surface area contributed by atoms with Gasteiger partial charge in [-0.25, -0.2) is 0 Å². The average molecular weight is 687 g/mol. The maximum absolute atomic E-state index is 13.0. The van der Waals surface area contributed by atoms with Crippen molar-refractivity contribution in [3.8, 4) is 23.3 Å². The lowest BCUT2D eigenvalue weighted by molar-refractivity contribution is -0.136. The van der Waals surface area contributed by atoms with Gasteiger partial charge in [-0.05, 0) is 96.7 Å². The standard InChI is InChI=1S/C39H37BN3O6S/c41-20-27-10-13-30(49-31-14-15-34-28(19-31)22-48-40-34)18-26(27)7-5-3-1-2-4-6-25-8-11-29(12-9-25)47-23-36-32-21-43(39(46)33(32)24-50-36)35-16-17-37(44)42-38(35)45/h8-15,18-19,24,35H,1-7,16-17,21-23H2,(H,42,44,45). The Labute approximate surface area is 296 Å². The smallest absolute Gasteiger partial charge is 0.330 e. The lowest BCUT2D eigenvalue weighted by atomic mass is 9.87. The fraction of sp³-hybridized carbons (Fsp3) is 0.333. The number of aryl methyl sites for hydroxylation is 2. The van der Waals surface area contributed by atoms with E-state index in [0.717, 1.165) is 89.2 Å². The zero-order chi connectivity index (χ0) is 34.5. The summed E-state index contributed by atoms with van der Waals surface area (Å²) in [6.07, 6.45) is 7.95. The lowest BCUT2D eigenvalue weighted by Crippen LogP contribution is -2.52. The number of thiophene rings is 1. The van der Waals surface area contributed by atoms with Crippen molar-refractivity contribution in [1.29, 1.82) is 5.26 Å². The minimum atomic E-state index is -0.614. The summed E-state index contributed by atoms with van der Waals surface area (Å²) in [7, 11) is 1.76. The molecule has 3 aliphatic rings. The number of hydrogen-bond acceptors (Lipinski definition) is 8. The summed E-state index contributed by atoms with van der Waals surface area (Å²) in [6.45, 7) is 1.27. The van der Waals surface area contributed by atoms with E-state index < -0.39 is 11.9 Å². The van der Waals surface area contributed by atoms with Gasteiger partial charge in [-0.15, -0.1) is 11.3 Å². The van der Waals surface area contributed by atoms with Crippen LogP contribution in [0.1, 0.15) is 88.0 Å². The molecular formula is C39H37BN3O6S. The zero-order valence-electron chi connectivity index (χ0n) is 27.7. The Morgan fingerprint density at radius 2 is 1.70 bits per heavy atom. The van der Waals surface area contributed by atoms with E-state index in [1.807, 2.05) is 53.9 Å². The topological polar surface area (TPSA) is 118 Å². The SMILES string of the molecule is N#Cc1ccc(Oc2ccc3c(c2)CO[B]3)cc1CCCCCCCc1ccc(OCc2scc3c2CN(C2CCC(=O)NC2=O)C3=O)cc1. The zero-order valence-corrected chi connectivity index (χ0v) is 28.6. The Bertz CT molecular complexity index is 1950. The van der Waals surface area contributed by atoms with Crippen molar-refractivity contribution in [2.24, 2.45) is 0 Å². The van der Waals surface area contributed by atoms with E-state index in [2.05, 4.69) is 23.5 Å². The number of imide groups is 1. The molecule has 253 valence electrons. The van der Waals surface area contributed by atoms with Crippen molar-refractivity contribution in [1.82, 2.24) is 10.2 Å². The molecule has 7 rings (SSSR count). The number of piperidine rings is 1. The van der Waals surface area contributed by atoms with Gasteiger partial charge in [-0.2, -0.15) is 5.26 Å². The second kappa shape index (κ2) is 15.3. The number of nitriles is 1. The quantitative estimate of drug-likeness (QED) is 0.0945. The van der Waals surface area contributed by atoms with Crippen LogP contribution in [0.2, 0.25) is 0 Å². The highest BCUT2D eigenvalue weighted by Crippen LogP contribution is 2.34. The molecule has 1 saturated heterocycles. The number of rotatable bonds is 14. The van der Waals surface area contributed by atoms with Gasteiger partial charge in [0.2, 0.25) is 11.8 Å². The van der Waals surface area contributed by atoms with E-state index >= 15 is 0 Å². The molecule has 11 heteroatoms. The van der Waals surface area contributed by atoms with E-state index in [4.69, 9.17) is 14.1 Å². The number of benzene rings is 3. The predicted molar refractivity (Wildman–Crippen MR) is 189 cm³/mol. The third-order valence-electron chi connectivity index (χ3n) is 9.59. The first-order valence-corrected chi connectivity index (χ1v) is 18.1. The number of amides is 3. The molecule has 50 heavy (non-hydrogen) atoms. The second-order valence-electron chi connectivity index (χ2n) is 13.0. The first-order chi connectivity index (χ1) is 24.4. The molecule has 1 unspecified atom stereocenters. The molecule has 1 fully saturated rings. The van der Waals surface area contributed by atoms with Crippen LogP contribution in [0.25, 0.3) is 0 Å². The molecule has 3 aliphatic heterocycles. The van der Waals surface area contributed by atoms with E-state index in [1.54, 1.807) is 12.4 Å². The molecule has 4 aromatic rings. The minimum absolute atomic E-state index is 0.160. The Hall–Kier alpha value is -4.92. The third kappa shape index (κ3) is 7.62. The Morgan fingerprint density at radius 1 is 0.940 bits per heavy atom. The maximum Gasteiger partial charge on any atom is 0.330 e. The van der Waals surface area contributed by atoms with E-state index in [0.29, 0.717) is 37.3 Å². The molecule has 1 atom stereocenters. The highest BCUT2D eigenvalue weighted by Gasteiger charge is 2.40. The van der Waals surface area contributed by atoms with E-state index in [9.17, 15) is 19.6 Å². The van der Waals surface area contributed by atoms with Gasteiger partial charge in [0, 0.05) is 28.8 Å². The van der Waals surface area contributed by atoms with Crippen LogP contribution in [0, 0.1) is 11.3 Å². The van der Waals surface area contributed by atoms with Gasteiger partial charge in [-0.3, -0.25) is 19.7 Å². The molecule has 3 amide bonds. The van der Waals surface area contributed by atoms with Crippen LogP contribution in [0.4, 0.5) is 0 Å². The molecular weight excluding hydrogens is 649 g/mol. The number of carbonyl (C=O) groups excluding carboxylic acids is 3. The highest BCUT2D eigenvalue weighted by molar-refractivity contribution is 7.10. The first-order valence-electron chi connectivity index (χ1n) is 17.2. The summed E-state index contributed by atoms with van der Waals surface area (Å²) in [5, 5.41) is 13.8. The number of nitrogens with zero attached hydrogens (tertiary/aromatic N) is 2. The van der Waals surface area contributed by atoms with Crippen LogP contribution in [0.5, 0.6) is 17.2 Å². The Balaban J connectivity index is 0.814. The average Bonchev–Trinajstić information content (AvgIpc) is 3.84. The van der Waals surface area contributed by atoms with Crippen molar-refractivity contribution < 1.29 is 28.5 Å². The molecule has 4 heterocycles. The minimum Gasteiger partial charge on any atom is -0.488 e. The van der Waals surface area contributed by atoms with Crippen LogP contribution in [0.15, 0.2) is 66.0 Å². The summed E-state index contributed by atoms with van der Waals surface area (Å²) < 4.78 is 17.6. The van der Waals surface area contributed by atoms with Crippen molar-refractivity contribution in [3.63, 3.8) is 0 Å². The highest BCUT2D eigenvalue weighted by atomic mass is 32.1. The molecule has 1 N–H and O–H groups in total. The Morgan fingerprint density at radius 3 is 2.52 bits per heavy atom. The fourth-order valence-corrected chi connectivity index (χ4v) is 7.74. The number of carbonyl (C=O) groups is 3. The molecule has 0 bridgehead atoms. The van der Waals surface area contributed by atoms with Crippen molar-refractivity contribution in [2.75, 3.05) is 0 Å². The Kier molecular flexibility index (Phi) is 10.3. The third-order valence-corrected chi connectivity index (χ3v) is 10.6. The number of ether oxygens (including phenoxy) is 2. The molecule has 1 aromatic heterocycles. The van der Waals surface area contributed by atoms with E-state index in [1.165, 1.54) is 16.9 Å². The molecule has 3 aromatic carbocycles. The first kappa shape index (κ1) is 33.6. The fourth-order valence-electron chi connectivity index (χ4n) is 6.79. The van der Waals surface area contributed by atoms with Crippen LogP contribution in [-0.2, 0) is 46.8 Å². The van der Waals surface area contributed by atoms with Gasteiger partial charge >= 0.3 is 7.48 Å². The molecule has 0 aliphatic carbocycles. The van der Waals surface area contributed by atoms with Gasteiger partial charge < -0.3 is 19.0 Å². The van der Waals surface area contributed by atoms with Crippen LogP contribution in [-0.4, -0.2) is 36.1 Å². The van der Waals surface area contributed by atoms with Gasteiger partial charge in [0.15, 0.2) is 0 Å². The summed E-state index contributed by atoms with van der Waals surface area (Å²) in [4.78, 5) is 39.4. The second-order valence-corrected chi connectivity index (χ2v) is 13.9. The van der Waals surface area contributed by atoms with Crippen molar-refractivity contribution in [3.05, 3.63) is 104 Å². The summed E-state index contributed by atoms with van der Waals surface area (Å²) in [6, 6.07) is 21.5. The normalized spacial score (nSPS) is 16.4. The van der Waals surface area contributed by atoms with Crippen molar-refractivity contribution >= 4 is 42.0 Å². The summed E-state index contributed by atoms with van der Waals surface area (Å²) in [5.41, 5.74) is 6.73. The maximum atomic E-state index is 13.0. The molecule has 1 radical (unpaired) electrons. The number of hydrogen-bond donors (Lipinski definition) is 1. The molecule has 0 spiro atoms. The van der Waals surface area contributed by atoms with Gasteiger partial charge in [0.05, 0.1) is 23.8 Å². The summed E-state index contributed by atoms with van der Waals surface area (Å²) >= 11 is 1.50. The lowest BCUT2D eigenvalue weighted by Gasteiger charge is -2.29. The molecule has 0 saturated carbocycles. The number of nitrogens with one attached hydrogen (secondary N) is 1. The monoisotopic (exact) mass is 686 g/mol. The van der Waals surface area contributed by atoms with E-state index in [-0.39, 0.29) is 18.2 Å². The van der Waals surface area contributed by atoms with Crippen LogP contribution in [0.3, 0.4) is 0 Å².